The third-order valence-electron chi connectivity index (χ3n) is 6.20. The van der Waals surface area contributed by atoms with Crippen LogP contribution in [0.2, 0.25) is 0 Å². The third kappa shape index (κ3) is 6.79. The molecule has 1 heterocycles. The summed E-state index contributed by atoms with van der Waals surface area (Å²) in [6, 6.07) is 16.7. The lowest BCUT2D eigenvalue weighted by molar-refractivity contribution is -0.124. The summed E-state index contributed by atoms with van der Waals surface area (Å²) in [6.45, 7) is 0.468. The lowest BCUT2D eigenvalue weighted by Crippen LogP contribution is -2.48. The van der Waals surface area contributed by atoms with Gasteiger partial charge in [0.15, 0.2) is 5.58 Å². The van der Waals surface area contributed by atoms with Crippen LogP contribution in [0.15, 0.2) is 59.0 Å². The number of nitrogens with zero attached hydrogens (tertiary/aromatic N) is 1. The molecule has 4 rings (SSSR count). The van der Waals surface area contributed by atoms with Crippen LogP contribution >= 0.6 is 0 Å². The summed E-state index contributed by atoms with van der Waals surface area (Å²) in [7, 11) is 0. The number of hydrogen-bond acceptors (Lipinski definition) is 6. The Kier molecular flexibility index (Phi) is 8.33. The number of benzene rings is 2. The molecule has 2 aromatic carbocycles. The minimum absolute atomic E-state index is 0.176. The zero-order valence-corrected chi connectivity index (χ0v) is 18.9. The monoisotopic (exact) mass is 451 g/mol. The summed E-state index contributed by atoms with van der Waals surface area (Å²) < 4.78 is 11.5. The first-order chi connectivity index (χ1) is 16.2. The van der Waals surface area contributed by atoms with Crippen molar-refractivity contribution in [3.05, 3.63) is 60.2 Å². The van der Waals surface area contributed by atoms with Gasteiger partial charge in [-0.15, -0.1) is 0 Å². The maximum absolute atomic E-state index is 13.2. The van der Waals surface area contributed by atoms with Gasteiger partial charge in [0, 0.05) is 0 Å². The highest BCUT2D eigenvalue weighted by Crippen LogP contribution is 2.29. The topological polar surface area (TPSA) is 96.6 Å². The fraction of sp³-hybridized carbons (Fsp3) is 0.462. The molecule has 3 N–H and O–H groups in total. The fourth-order valence-corrected chi connectivity index (χ4v) is 4.41. The lowest BCUT2D eigenvalue weighted by Gasteiger charge is -2.27. The quantitative estimate of drug-likeness (QED) is 0.403. The number of aliphatic hydroxyl groups is 1. The van der Waals surface area contributed by atoms with E-state index in [-0.39, 0.29) is 19.1 Å². The Hall–Kier alpha value is -2.90. The van der Waals surface area contributed by atoms with Crippen molar-refractivity contribution in [3.63, 3.8) is 0 Å². The number of amides is 1. The number of hydrogen-bond donors (Lipinski definition) is 3. The summed E-state index contributed by atoms with van der Waals surface area (Å²) in [5, 5.41) is 16.0. The van der Waals surface area contributed by atoms with Gasteiger partial charge in [0.25, 0.3) is 6.01 Å². The molecule has 0 aliphatic heterocycles. The van der Waals surface area contributed by atoms with Crippen molar-refractivity contribution in [1.82, 2.24) is 10.3 Å². The molecule has 7 nitrogen and oxygen atoms in total. The maximum atomic E-state index is 13.2. The second-order valence-corrected chi connectivity index (χ2v) is 8.81. The van der Waals surface area contributed by atoms with Crippen molar-refractivity contribution in [3.8, 4) is 0 Å². The van der Waals surface area contributed by atoms with E-state index in [1.54, 1.807) is 0 Å². The van der Waals surface area contributed by atoms with Gasteiger partial charge in [-0.1, -0.05) is 74.6 Å². The minimum atomic E-state index is -0.496. The van der Waals surface area contributed by atoms with Crippen LogP contribution in [0.25, 0.3) is 11.1 Å². The summed E-state index contributed by atoms with van der Waals surface area (Å²) in [5.74, 6) is 0.304. The number of nitrogens with one attached hydrogen (secondary N) is 2. The van der Waals surface area contributed by atoms with Gasteiger partial charge < -0.3 is 24.9 Å². The second-order valence-electron chi connectivity index (χ2n) is 8.81. The molecule has 1 fully saturated rings. The van der Waals surface area contributed by atoms with E-state index in [0.717, 1.165) is 23.9 Å². The van der Waals surface area contributed by atoms with Crippen molar-refractivity contribution >= 4 is 23.0 Å². The van der Waals surface area contributed by atoms with Gasteiger partial charge in [0.2, 0.25) is 5.91 Å². The van der Waals surface area contributed by atoms with Crippen molar-refractivity contribution in [1.29, 1.82) is 0 Å². The van der Waals surface area contributed by atoms with Gasteiger partial charge in [-0.05, 0) is 30.0 Å². The van der Waals surface area contributed by atoms with E-state index in [9.17, 15) is 9.90 Å². The number of oxazole rings is 1. The van der Waals surface area contributed by atoms with E-state index in [1.807, 2.05) is 54.6 Å². The van der Waals surface area contributed by atoms with Gasteiger partial charge in [-0.3, -0.25) is 4.79 Å². The molecular formula is C26H33N3O4. The molecule has 2 atom stereocenters. The average Bonchev–Trinajstić information content (AvgIpc) is 3.26. The van der Waals surface area contributed by atoms with Crippen molar-refractivity contribution < 1.29 is 19.1 Å². The van der Waals surface area contributed by atoms with E-state index in [2.05, 4.69) is 15.6 Å². The zero-order chi connectivity index (χ0) is 22.9. The third-order valence-corrected chi connectivity index (χ3v) is 6.20. The van der Waals surface area contributed by atoms with Crippen LogP contribution < -0.4 is 10.6 Å². The Morgan fingerprint density at radius 1 is 1.09 bits per heavy atom. The smallest absolute Gasteiger partial charge is 0.296 e. The average molecular weight is 452 g/mol. The molecule has 7 heteroatoms. The normalized spacial score (nSPS) is 16.4. The SMILES string of the molecule is O=C(N[C@H](CO)COCc1ccccc1)[C@H](CC1CCCCC1)Nc1nc2ccccc2o1. The number of para-hydroxylation sites is 2. The number of ether oxygens (including phenoxy) is 1. The standard InChI is InChI=1S/C26H33N3O4/c30-16-21(18-32-17-20-11-5-2-6-12-20)27-25(31)23(15-19-9-3-1-4-10-19)29-26-28-22-13-7-8-14-24(22)33-26/h2,5-8,11-14,19,21,23,30H,1,3-4,9-10,15-18H2,(H,27,31)(H,28,29)/t21-,23+/m1/s1. The van der Waals surface area contributed by atoms with Gasteiger partial charge in [0.1, 0.15) is 11.6 Å². The van der Waals surface area contributed by atoms with E-state index in [1.165, 1.54) is 19.3 Å². The van der Waals surface area contributed by atoms with Crippen LogP contribution in [0, 0.1) is 5.92 Å². The summed E-state index contributed by atoms with van der Waals surface area (Å²) in [4.78, 5) is 17.7. The molecule has 0 unspecified atom stereocenters. The van der Waals surface area contributed by atoms with Crippen LogP contribution in [0.5, 0.6) is 0 Å². The predicted octanol–water partition coefficient (Wildman–Crippen LogP) is 4.27. The molecule has 0 bridgehead atoms. The summed E-state index contributed by atoms with van der Waals surface area (Å²) in [6.07, 6.45) is 6.62. The van der Waals surface area contributed by atoms with Crippen LogP contribution in [-0.4, -0.2) is 41.3 Å². The number of fused-ring (bicyclic) bond motifs is 1. The number of rotatable bonds is 11. The molecule has 1 aliphatic rings. The van der Waals surface area contributed by atoms with Gasteiger partial charge in [-0.25, -0.2) is 0 Å². The molecule has 0 saturated heterocycles. The number of carbonyl (C=O) groups is 1. The minimum Gasteiger partial charge on any atom is -0.424 e. The van der Waals surface area contributed by atoms with Gasteiger partial charge in [-0.2, -0.15) is 4.98 Å². The predicted molar refractivity (Wildman–Crippen MR) is 128 cm³/mol. The first-order valence-electron chi connectivity index (χ1n) is 11.9. The highest BCUT2D eigenvalue weighted by molar-refractivity contribution is 5.85. The van der Waals surface area contributed by atoms with Gasteiger partial charge in [0.05, 0.1) is 25.9 Å². The highest BCUT2D eigenvalue weighted by Gasteiger charge is 2.27. The van der Waals surface area contributed by atoms with Crippen molar-refractivity contribution in [2.75, 3.05) is 18.5 Å². The number of aromatic nitrogens is 1. The molecule has 0 radical (unpaired) electrons. The fourth-order valence-electron chi connectivity index (χ4n) is 4.41. The molecule has 176 valence electrons. The Morgan fingerprint density at radius 3 is 2.61 bits per heavy atom. The Morgan fingerprint density at radius 2 is 1.85 bits per heavy atom. The molecule has 1 aliphatic carbocycles. The molecule has 1 amide bonds. The molecule has 33 heavy (non-hydrogen) atoms. The summed E-state index contributed by atoms with van der Waals surface area (Å²) >= 11 is 0. The van der Waals surface area contributed by atoms with Crippen LogP contribution in [0.3, 0.4) is 0 Å². The Labute approximate surface area is 194 Å². The van der Waals surface area contributed by atoms with Crippen LogP contribution in [0.4, 0.5) is 6.01 Å². The number of carbonyl (C=O) groups excluding carboxylic acids is 1. The van der Waals surface area contributed by atoms with E-state index in [4.69, 9.17) is 9.15 Å². The molecule has 0 spiro atoms. The number of anilines is 1. The maximum Gasteiger partial charge on any atom is 0.296 e. The molecular weight excluding hydrogens is 418 g/mol. The Balaban J connectivity index is 1.38. The molecule has 1 saturated carbocycles. The van der Waals surface area contributed by atoms with E-state index >= 15 is 0 Å². The van der Waals surface area contributed by atoms with E-state index < -0.39 is 12.1 Å². The van der Waals surface area contributed by atoms with Crippen molar-refractivity contribution in [2.45, 2.75) is 57.2 Å². The zero-order valence-electron chi connectivity index (χ0n) is 18.9. The molecule has 3 aromatic rings. The Bertz CT molecular complexity index is 968. The first-order valence-corrected chi connectivity index (χ1v) is 11.9. The van der Waals surface area contributed by atoms with E-state index in [0.29, 0.717) is 30.5 Å². The summed E-state index contributed by atoms with van der Waals surface area (Å²) in [5.41, 5.74) is 2.48. The molecule has 1 aromatic heterocycles. The van der Waals surface area contributed by atoms with Crippen molar-refractivity contribution in [2.24, 2.45) is 5.92 Å². The highest BCUT2D eigenvalue weighted by atomic mass is 16.5. The second kappa shape index (κ2) is 11.8. The van der Waals surface area contributed by atoms with Crippen LogP contribution in [-0.2, 0) is 16.1 Å². The number of aliphatic hydroxyl groups excluding tert-OH is 1. The van der Waals surface area contributed by atoms with Crippen LogP contribution in [0.1, 0.15) is 44.1 Å². The van der Waals surface area contributed by atoms with Gasteiger partial charge >= 0.3 is 0 Å². The lowest BCUT2D eigenvalue weighted by atomic mass is 9.84. The first kappa shape index (κ1) is 23.3. The largest absolute Gasteiger partial charge is 0.424 e.